The highest BCUT2D eigenvalue weighted by Crippen LogP contribution is 2.26. The highest BCUT2D eigenvalue weighted by atomic mass is 14.1. The molecule has 0 amide bonds. The Kier molecular flexibility index (Phi) is 3.13. The predicted molar refractivity (Wildman–Crippen MR) is 59.4 cm³/mol. The summed E-state index contributed by atoms with van der Waals surface area (Å²) in [4.78, 5) is 0. The van der Waals surface area contributed by atoms with E-state index in [4.69, 9.17) is 0 Å². The van der Waals surface area contributed by atoms with Crippen molar-refractivity contribution < 1.29 is 0 Å². The third kappa shape index (κ3) is 2.12. The molecule has 72 valence electrons. The molecule has 1 atom stereocenters. The Morgan fingerprint density at radius 3 is 1.92 bits per heavy atom. The Morgan fingerprint density at radius 2 is 1.54 bits per heavy atom. The van der Waals surface area contributed by atoms with Gasteiger partial charge in [0, 0.05) is 0 Å². The van der Waals surface area contributed by atoms with E-state index < -0.39 is 0 Å². The largest absolute Gasteiger partial charge is 0.0648 e. The summed E-state index contributed by atoms with van der Waals surface area (Å²) in [6, 6.07) is 4.57. The van der Waals surface area contributed by atoms with Gasteiger partial charge in [0.2, 0.25) is 0 Å². The third-order valence-corrected chi connectivity index (χ3v) is 2.84. The average Bonchev–Trinajstić information content (AvgIpc) is 2.02. The van der Waals surface area contributed by atoms with Gasteiger partial charge in [-0.25, -0.2) is 0 Å². The van der Waals surface area contributed by atoms with E-state index in [2.05, 4.69) is 46.8 Å². The van der Waals surface area contributed by atoms with Crippen molar-refractivity contribution in [2.24, 2.45) is 0 Å². The van der Waals surface area contributed by atoms with Gasteiger partial charge in [0.25, 0.3) is 0 Å². The van der Waals surface area contributed by atoms with Crippen LogP contribution in [0.1, 0.15) is 48.4 Å². The zero-order chi connectivity index (χ0) is 10.0. The van der Waals surface area contributed by atoms with Crippen LogP contribution in [0.4, 0.5) is 0 Å². The molecule has 1 aromatic rings. The van der Waals surface area contributed by atoms with E-state index in [0.29, 0.717) is 5.92 Å². The van der Waals surface area contributed by atoms with Crippen LogP contribution in [0.25, 0.3) is 0 Å². The predicted octanol–water partition coefficient (Wildman–Crippen LogP) is 4.13. The van der Waals surface area contributed by atoms with Crippen LogP contribution in [0.15, 0.2) is 12.1 Å². The molecule has 0 spiro atoms. The molecule has 0 radical (unpaired) electrons. The molecule has 13 heavy (non-hydrogen) atoms. The molecule has 1 rings (SSSR count). The minimum Gasteiger partial charge on any atom is -0.0648 e. The molecule has 0 aromatic heterocycles. The molecule has 0 nitrogen and oxygen atoms in total. The summed E-state index contributed by atoms with van der Waals surface area (Å²) >= 11 is 0. The van der Waals surface area contributed by atoms with Gasteiger partial charge in [0.1, 0.15) is 0 Å². The second kappa shape index (κ2) is 3.95. The minimum atomic E-state index is 0.695. The van der Waals surface area contributed by atoms with Gasteiger partial charge < -0.3 is 0 Å². The second-order valence-corrected chi connectivity index (χ2v) is 4.12. The fourth-order valence-electron chi connectivity index (χ4n) is 2.17. The number of benzene rings is 1. The molecule has 0 aliphatic carbocycles. The van der Waals surface area contributed by atoms with Crippen molar-refractivity contribution in [1.82, 2.24) is 0 Å². The Bertz CT molecular complexity index is 274. The molecule has 0 aliphatic heterocycles. The van der Waals surface area contributed by atoms with Crippen LogP contribution < -0.4 is 0 Å². The first kappa shape index (κ1) is 10.3. The first-order valence-corrected chi connectivity index (χ1v) is 5.14. The maximum atomic E-state index is 2.31. The summed E-state index contributed by atoms with van der Waals surface area (Å²) < 4.78 is 0. The van der Waals surface area contributed by atoms with E-state index >= 15 is 0 Å². The van der Waals surface area contributed by atoms with Crippen molar-refractivity contribution in [3.05, 3.63) is 34.4 Å². The molecule has 0 saturated heterocycles. The van der Waals surface area contributed by atoms with Crippen LogP contribution in [-0.4, -0.2) is 0 Å². The first-order chi connectivity index (χ1) is 6.06. The number of hydrogen-bond donors (Lipinski definition) is 0. The maximum absolute atomic E-state index is 2.31. The van der Waals surface area contributed by atoms with Gasteiger partial charge in [-0.15, -0.1) is 0 Å². The third-order valence-electron chi connectivity index (χ3n) is 2.84. The van der Waals surface area contributed by atoms with Crippen LogP contribution in [0.5, 0.6) is 0 Å². The topological polar surface area (TPSA) is 0 Å². The molecule has 0 bridgehead atoms. The molecule has 0 N–H and O–H groups in total. The van der Waals surface area contributed by atoms with Crippen LogP contribution in [-0.2, 0) is 0 Å². The van der Waals surface area contributed by atoms with E-state index in [1.807, 2.05) is 0 Å². The summed E-state index contributed by atoms with van der Waals surface area (Å²) in [5.41, 5.74) is 5.83. The summed E-state index contributed by atoms with van der Waals surface area (Å²) in [5, 5.41) is 0. The smallest absolute Gasteiger partial charge is 0.0188 e. The summed E-state index contributed by atoms with van der Waals surface area (Å²) in [5.74, 6) is 0.695. The lowest BCUT2D eigenvalue weighted by molar-refractivity contribution is 0.722. The van der Waals surface area contributed by atoms with Gasteiger partial charge in [-0.3, -0.25) is 0 Å². The van der Waals surface area contributed by atoms with E-state index in [1.54, 1.807) is 5.56 Å². The van der Waals surface area contributed by atoms with E-state index in [1.165, 1.54) is 23.1 Å². The average molecular weight is 176 g/mol. The Balaban J connectivity index is 3.20. The van der Waals surface area contributed by atoms with Crippen molar-refractivity contribution in [2.45, 2.75) is 47.0 Å². The monoisotopic (exact) mass is 176 g/mol. The molecule has 0 aliphatic rings. The van der Waals surface area contributed by atoms with E-state index in [9.17, 15) is 0 Å². The first-order valence-electron chi connectivity index (χ1n) is 5.14. The van der Waals surface area contributed by atoms with Crippen molar-refractivity contribution in [1.29, 1.82) is 0 Å². The highest BCUT2D eigenvalue weighted by Gasteiger charge is 2.09. The molecule has 0 heteroatoms. The Labute approximate surface area is 82.0 Å². The summed E-state index contributed by atoms with van der Waals surface area (Å²) in [6.45, 7) is 11.2. The van der Waals surface area contributed by atoms with Crippen molar-refractivity contribution in [2.75, 3.05) is 0 Å². The van der Waals surface area contributed by atoms with Gasteiger partial charge in [0.15, 0.2) is 0 Å². The number of hydrogen-bond acceptors (Lipinski definition) is 0. The van der Waals surface area contributed by atoms with Crippen LogP contribution in [0, 0.1) is 20.8 Å². The van der Waals surface area contributed by atoms with Crippen LogP contribution >= 0.6 is 0 Å². The highest BCUT2D eigenvalue weighted by molar-refractivity contribution is 5.39. The minimum absolute atomic E-state index is 0.695. The van der Waals surface area contributed by atoms with Crippen LogP contribution in [0.3, 0.4) is 0 Å². The van der Waals surface area contributed by atoms with Crippen LogP contribution in [0.2, 0.25) is 0 Å². The Morgan fingerprint density at radius 1 is 1.08 bits per heavy atom. The number of aryl methyl sites for hydroxylation is 3. The zero-order valence-electron chi connectivity index (χ0n) is 9.44. The maximum Gasteiger partial charge on any atom is -0.0188 e. The SMILES string of the molecule is CC[C@H](C)c1c(C)cc(C)cc1C. The quantitative estimate of drug-likeness (QED) is 0.635. The van der Waals surface area contributed by atoms with Gasteiger partial charge in [-0.05, 0) is 49.8 Å². The lowest BCUT2D eigenvalue weighted by Crippen LogP contribution is -1.99. The fourth-order valence-corrected chi connectivity index (χ4v) is 2.17. The molecule has 0 heterocycles. The van der Waals surface area contributed by atoms with Crippen molar-refractivity contribution in [3.63, 3.8) is 0 Å². The summed E-state index contributed by atoms with van der Waals surface area (Å²) in [6.07, 6.45) is 1.23. The molecular formula is C13H20. The fraction of sp³-hybridized carbons (Fsp3) is 0.538. The molecule has 0 unspecified atom stereocenters. The van der Waals surface area contributed by atoms with Gasteiger partial charge >= 0.3 is 0 Å². The Hall–Kier alpha value is -0.780. The second-order valence-electron chi connectivity index (χ2n) is 4.12. The van der Waals surface area contributed by atoms with Gasteiger partial charge in [-0.2, -0.15) is 0 Å². The van der Waals surface area contributed by atoms with E-state index in [0.717, 1.165) is 0 Å². The lowest BCUT2D eigenvalue weighted by atomic mass is 9.89. The zero-order valence-corrected chi connectivity index (χ0v) is 9.44. The standard InChI is InChI=1S/C13H20/c1-6-10(3)13-11(4)7-9(2)8-12(13)5/h7-8,10H,6H2,1-5H3/t10-/m0/s1. The van der Waals surface area contributed by atoms with Gasteiger partial charge in [-0.1, -0.05) is 31.5 Å². The lowest BCUT2D eigenvalue weighted by Gasteiger charge is -2.16. The molecular weight excluding hydrogens is 156 g/mol. The molecule has 0 saturated carbocycles. The number of rotatable bonds is 2. The summed E-state index contributed by atoms with van der Waals surface area (Å²) in [7, 11) is 0. The molecule has 0 fully saturated rings. The normalized spacial score (nSPS) is 13.0. The van der Waals surface area contributed by atoms with E-state index in [-0.39, 0.29) is 0 Å². The van der Waals surface area contributed by atoms with Gasteiger partial charge in [0.05, 0.1) is 0 Å². The van der Waals surface area contributed by atoms with Crippen molar-refractivity contribution >= 4 is 0 Å². The van der Waals surface area contributed by atoms with Crippen molar-refractivity contribution in [3.8, 4) is 0 Å². The molecule has 1 aromatic carbocycles.